The molecular weight excluding hydrogens is 512 g/mol. The SMILES string of the molecule is C[C@H](Oc1nc(-c2onc3c2CCC[C@@]32CCCCC2=O)nc2c1[nH]c(=O)n2[C@@H]1CCCOC1)[C@@H]1CCCN1C. The van der Waals surface area contributed by atoms with Crippen LogP contribution in [0.25, 0.3) is 22.7 Å². The van der Waals surface area contributed by atoms with Crippen molar-refractivity contribution in [3.05, 3.63) is 21.7 Å². The van der Waals surface area contributed by atoms with E-state index in [0.717, 1.165) is 82.0 Å². The molecule has 5 heterocycles. The Morgan fingerprint density at radius 2 is 1.95 bits per heavy atom. The van der Waals surface area contributed by atoms with E-state index in [9.17, 15) is 9.59 Å². The van der Waals surface area contributed by atoms with Gasteiger partial charge in [-0.3, -0.25) is 19.2 Å². The Kier molecular flexibility index (Phi) is 6.53. The molecule has 2 saturated heterocycles. The van der Waals surface area contributed by atoms with Crippen molar-refractivity contribution in [3.8, 4) is 17.5 Å². The van der Waals surface area contributed by atoms with Gasteiger partial charge in [0, 0.05) is 24.6 Å². The Morgan fingerprint density at radius 3 is 2.73 bits per heavy atom. The van der Waals surface area contributed by atoms with Crippen LogP contribution in [0.2, 0.25) is 0 Å². The number of likely N-dealkylation sites (tertiary alicyclic amines) is 1. The van der Waals surface area contributed by atoms with E-state index in [0.29, 0.717) is 48.3 Å². The van der Waals surface area contributed by atoms with Gasteiger partial charge in [-0.05, 0) is 78.3 Å². The summed E-state index contributed by atoms with van der Waals surface area (Å²) in [6, 6.07) is 0.125. The monoisotopic (exact) mass is 550 g/mol. The highest BCUT2D eigenvalue weighted by atomic mass is 16.5. The second-order valence-corrected chi connectivity index (χ2v) is 12.1. The lowest BCUT2D eigenvalue weighted by Crippen LogP contribution is -2.41. The topological polar surface area (TPSA) is 128 Å². The molecular formula is C29H38N6O5. The highest BCUT2D eigenvalue weighted by Gasteiger charge is 2.48. The van der Waals surface area contributed by atoms with E-state index in [1.165, 1.54) is 0 Å². The average Bonchev–Trinajstić information content (AvgIpc) is 3.68. The number of fused-ring (bicyclic) bond motifs is 3. The Bertz CT molecular complexity index is 1490. The Morgan fingerprint density at radius 1 is 1.07 bits per heavy atom. The normalized spacial score (nSPS) is 28.3. The molecule has 3 aromatic rings. The lowest BCUT2D eigenvalue weighted by atomic mass is 9.64. The van der Waals surface area contributed by atoms with Gasteiger partial charge in [0.15, 0.2) is 5.65 Å². The first-order valence-electron chi connectivity index (χ1n) is 15.0. The van der Waals surface area contributed by atoms with Crippen molar-refractivity contribution in [2.45, 2.75) is 101 Å². The molecule has 7 rings (SSSR count). The number of ketones is 1. The highest BCUT2D eigenvalue weighted by molar-refractivity contribution is 5.91. The van der Waals surface area contributed by atoms with Crippen LogP contribution in [0.3, 0.4) is 0 Å². The molecule has 1 saturated carbocycles. The van der Waals surface area contributed by atoms with E-state index in [1.807, 2.05) is 0 Å². The maximum absolute atomic E-state index is 13.3. The Balaban J connectivity index is 1.36. The van der Waals surface area contributed by atoms with Gasteiger partial charge >= 0.3 is 5.69 Å². The van der Waals surface area contributed by atoms with Crippen LogP contribution >= 0.6 is 0 Å². The van der Waals surface area contributed by atoms with Gasteiger partial charge in [0.25, 0.3) is 0 Å². The van der Waals surface area contributed by atoms with Crippen molar-refractivity contribution in [3.63, 3.8) is 0 Å². The van der Waals surface area contributed by atoms with E-state index in [-0.39, 0.29) is 29.7 Å². The van der Waals surface area contributed by atoms with E-state index in [1.54, 1.807) is 4.57 Å². The summed E-state index contributed by atoms with van der Waals surface area (Å²) in [6.07, 6.45) is 9.53. The molecule has 3 aromatic heterocycles. The van der Waals surface area contributed by atoms with Crippen LogP contribution in [0.1, 0.15) is 88.4 Å². The predicted molar refractivity (Wildman–Crippen MR) is 147 cm³/mol. The molecule has 11 nitrogen and oxygen atoms in total. The Labute approximate surface area is 232 Å². The van der Waals surface area contributed by atoms with E-state index < -0.39 is 5.41 Å². The molecule has 0 bridgehead atoms. The number of hydrogen-bond acceptors (Lipinski definition) is 9. The third-order valence-electron chi connectivity index (χ3n) is 9.72. The zero-order valence-electron chi connectivity index (χ0n) is 23.4. The summed E-state index contributed by atoms with van der Waals surface area (Å²) in [6.45, 7) is 4.23. The summed E-state index contributed by atoms with van der Waals surface area (Å²) in [5.41, 5.74) is 1.84. The number of nitrogens with one attached hydrogen (secondary N) is 1. The van der Waals surface area contributed by atoms with Gasteiger partial charge in [-0.25, -0.2) is 9.78 Å². The van der Waals surface area contributed by atoms with Gasteiger partial charge in [0.2, 0.25) is 17.5 Å². The lowest BCUT2D eigenvalue weighted by Gasteiger charge is -2.37. The van der Waals surface area contributed by atoms with Crippen molar-refractivity contribution >= 4 is 16.9 Å². The molecule has 3 fully saturated rings. The first-order chi connectivity index (χ1) is 19.5. The van der Waals surface area contributed by atoms with Crippen molar-refractivity contribution in [1.29, 1.82) is 0 Å². The van der Waals surface area contributed by atoms with Crippen molar-refractivity contribution in [1.82, 2.24) is 29.6 Å². The summed E-state index contributed by atoms with van der Waals surface area (Å²) in [4.78, 5) is 41.6. The summed E-state index contributed by atoms with van der Waals surface area (Å²) >= 11 is 0. The number of aromatic nitrogens is 5. The third kappa shape index (κ3) is 4.11. The van der Waals surface area contributed by atoms with Crippen molar-refractivity contribution in [2.24, 2.45) is 0 Å². The molecule has 2 aliphatic carbocycles. The number of carbonyl (C=O) groups is 1. The van der Waals surface area contributed by atoms with Crippen LogP contribution in [0, 0.1) is 0 Å². The van der Waals surface area contributed by atoms with Crippen LogP contribution in [-0.2, 0) is 21.4 Å². The number of hydrogen-bond donors (Lipinski definition) is 1. The van der Waals surface area contributed by atoms with Gasteiger partial charge < -0.3 is 14.0 Å². The number of imidazole rings is 1. The lowest BCUT2D eigenvalue weighted by molar-refractivity contribution is -0.127. The first kappa shape index (κ1) is 25.9. The smallest absolute Gasteiger partial charge is 0.328 e. The maximum Gasteiger partial charge on any atom is 0.328 e. The summed E-state index contributed by atoms with van der Waals surface area (Å²) in [7, 11) is 2.11. The van der Waals surface area contributed by atoms with Crippen LogP contribution in [0.5, 0.6) is 5.88 Å². The first-order valence-corrected chi connectivity index (χ1v) is 15.0. The number of H-pyrrole nitrogens is 1. The number of rotatable bonds is 5. The van der Waals surface area contributed by atoms with Gasteiger partial charge in [-0.15, -0.1) is 0 Å². The average molecular weight is 551 g/mol. The van der Waals surface area contributed by atoms with E-state index in [4.69, 9.17) is 24.0 Å². The van der Waals surface area contributed by atoms with E-state index >= 15 is 0 Å². The van der Waals surface area contributed by atoms with Crippen molar-refractivity contribution < 1.29 is 18.8 Å². The molecule has 11 heteroatoms. The third-order valence-corrected chi connectivity index (χ3v) is 9.72. The summed E-state index contributed by atoms with van der Waals surface area (Å²) < 4.78 is 19.9. The van der Waals surface area contributed by atoms with Crippen LogP contribution in [-0.4, -0.2) is 74.3 Å². The number of ether oxygens (including phenoxy) is 2. The quantitative estimate of drug-likeness (QED) is 0.506. The highest BCUT2D eigenvalue weighted by Crippen LogP contribution is 2.47. The van der Waals surface area contributed by atoms with E-state index in [2.05, 4.69) is 29.0 Å². The molecule has 0 aromatic carbocycles. The predicted octanol–water partition coefficient (Wildman–Crippen LogP) is 3.70. The van der Waals surface area contributed by atoms with Crippen LogP contribution in [0.4, 0.5) is 0 Å². The molecule has 0 unspecified atom stereocenters. The fraction of sp³-hybridized carbons (Fsp3) is 0.690. The maximum atomic E-state index is 13.3. The molecule has 4 aliphatic rings. The van der Waals surface area contributed by atoms with Crippen LogP contribution < -0.4 is 10.4 Å². The fourth-order valence-electron chi connectivity index (χ4n) is 7.60. The molecule has 1 spiro atoms. The minimum absolute atomic E-state index is 0.129. The second-order valence-electron chi connectivity index (χ2n) is 12.1. The van der Waals surface area contributed by atoms with Crippen molar-refractivity contribution in [2.75, 3.05) is 26.8 Å². The minimum Gasteiger partial charge on any atom is -0.471 e. The van der Waals surface area contributed by atoms with Crippen LogP contribution in [0.15, 0.2) is 9.32 Å². The molecule has 1 N–H and O–H groups in total. The molecule has 2 aliphatic heterocycles. The molecule has 4 atom stereocenters. The molecule has 0 radical (unpaired) electrons. The molecule has 40 heavy (non-hydrogen) atoms. The second kappa shape index (κ2) is 10.1. The minimum atomic E-state index is -0.561. The van der Waals surface area contributed by atoms with Gasteiger partial charge in [-0.1, -0.05) is 11.6 Å². The zero-order chi connectivity index (χ0) is 27.4. The summed E-state index contributed by atoms with van der Waals surface area (Å²) in [5.74, 6) is 1.42. The number of carbonyl (C=O) groups excluding carboxylic acids is 1. The zero-order valence-corrected chi connectivity index (χ0v) is 23.4. The fourth-order valence-corrected chi connectivity index (χ4v) is 7.60. The molecule has 0 amide bonds. The number of Topliss-reactive ketones (excluding diaryl/α,β-unsaturated/α-hetero) is 1. The largest absolute Gasteiger partial charge is 0.471 e. The van der Waals surface area contributed by atoms with Gasteiger partial charge in [0.1, 0.15) is 23.1 Å². The standard InChI is InChI=1S/C29H38N6O5/c1-17(20-10-6-14-34(20)2)39-27-22-26(35(28(37)30-22)18-8-7-15-38-16-18)31-25(32-27)23-19-9-5-13-29(24(19)33-40-23)12-4-3-11-21(29)36/h17-18,20H,3-16H2,1-2H3,(H,30,37)/t17-,18+,20-,29+/m0/s1. The van der Waals surface area contributed by atoms with Gasteiger partial charge in [0.05, 0.1) is 18.1 Å². The summed E-state index contributed by atoms with van der Waals surface area (Å²) in [5, 5.41) is 4.50. The number of likely N-dealkylation sites (N-methyl/N-ethyl adjacent to an activating group) is 1. The Hall–Kier alpha value is -3.05. The number of nitrogens with zero attached hydrogens (tertiary/aromatic N) is 5. The number of aromatic amines is 1. The van der Waals surface area contributed by atoms with Gasteiger partial charge in [-0.2, -0.15) is 4.98 Å². The molecule has 214 valence electrons.